The summed E-state index contributed by atoms with van der Waals surface area (Å²) >= 11 is 0. The monoisotopic (exact) mass is 340 g/mol. The average Bonchev–Trinajstić information content (AvgIpc) is 3.26. The van der Waals surface area contributed by atoms with Crippen LogP contribution in [0.1, 0.15) is 41.7 Å². The third kappa shape index (κ3) is 4.47. The number of anilines is 1. The van der Waals surface area contributed by atoms with Gasteiger partial charge in [-0.3, -0.25) is 14.3 Å². The molecule has 1 fully saturated rings. The van der Waals surface area contributed by atoms with Crippen molar-refractivity contribution in [2.45, 2.75) is 32.1 Å². The Bertz CT molecular complexity index is 733. The summed E-state index contributed by atoms with van der Waals surface area (Å²) in [5, 5.41) is 9.97. The first-order valence-corrected chi connectivity index (χ1v) is 8.80. The van der Waals surface area contributed by atoms with E-state index in [0.717, 1.165) is 32.1 Å². The van der Waals surface area contributed by atoms with Crippen LogP contribution in [0.3, 0.4) is 0 Å². The number of amides is 2. The van der Waals surface area contributed by atoms with E-state index in [1.54, 1.807) is 17.8 Å². The molecule has 1 saturated carbocycles. The number of nitrogens with one attached hydrogen (secondary N) is 2. The van der Waals surface area contributed by atoms with Crippen molar-refractivity contribution in [2.75, 3.05) is 11.9 Å². The lowest BCUT2D eigenvalue weighted by atomic mass is 10.1. The quantitative estimate of drug-likeness (QED) is 0.848. The van der Waals surface area contributed by atoms with Crippen LogP contribution in [-0.4, -0.2) is 28.1 Å². The van der Waals surface area contributed by atoms with Crippen molar-refractivity contribution < 1.29 is 9.59 Å². The number of carbonyl (C=O) groups excluding carboxylic acids is 2. The minimum absolute atomic E-state index is 0.0246. The van der Waals surface area contributed by atoms with Crippen LogP contribution in [0, 0.1) is 5.92 Å². The third-order valence-electron chi connectivity index (χ3n) is 4.63. The van der Waals surface area contributed by atoms with E-state index in [2.05, 4.69) is 15.7 Å². The maximum atomic E-state index is 12.2. The second kappa shape index (κ2) is 7.96. The predicted octanol–water partition coefficient (Wildman–Crippen LogP) is 2.52. The molecule has 2 aromatic rings. The first kappa shape index (κ1) is 17.2. The molecule has 0 unspecified atom stereocenters. The van der Waals surface area contributed by atoms with Crippen LogP contribution in [0.15, 0.2) is 36.4 Å². The SMILES string of the molecule is Cn1nc(C(=O)NCCc2ccccc2)cc1NC(=O)C1CCCC1. The zero-order valence-corrected chi connectivity index (χ0v) is 14.5. The number of nitrogens with zero attached hydrogens (tertiary/aromatic N) is 2. The molecule has 3 rings (SSSR count). The van der Waals surface area contributed by atoms with E-state index in [1.807, 2.05) is 30.3 Å². The maximum absolute atomic E-state index is 12.2. The van der Waals surface area contributed by atoms with Gasteiger partial charge in [0.05, 0.1) is 0 Å². The summed E-state index contributed by atoms with van der Waals surface area (Å²) < 4.78 is 1.54. The maximum Gasteiger partial charge on any atom is 0.271 e. The van der Waals surface area contributed by atoms with Gasteiger partial charge in [-0.25, -0.2) is 0 Å². The van der Waals surface area contributed by atoms with E-state index in [0.29, 0.717) is 18.1 Å². The molecule has 1 aromatic carbocycles. The van der Waals surface area contributed by atoms with E-state index >= 15 is 0 Å². The smallest absolute Gasteiger partial charge is 0.271 e. The fraction of sp³-hybridized carbons (Fsp3) is 0.421. The molecule has 1 heterocycles. The van der Waals surface area contributed by atoms with E-state index in [1.165, 1.54) is 5.56 Å². The summed E-state index contributed by atoms with van der Waals surface area (Å²) in [5.41, 5.74) is 1.49. The van der Waals surface area contributed by atoms with Crippen LogP contribution in [0.2, 0.25) is 0 Å². The second-order valence-corrected chi connectivity index (χ2v) is 6.50. The zero-order chi connectivity index (χ0) is 17.6. The van der Waals surface area contributed by atoms with Crippen molar-refractivity contribution >= 4 is 17.6 Å². The van der Waals surface area contributed by atoms with Gasteiger partial charge in [-0.15, -0.1) is 0 Å². The van der Waals surface area contributed by atoms with Crippen molar-refractivity contribution in [2.24, 2.45) is 13.0 Å². The molecule has 0 spiro atoms. The van der Waals surface area contributed by atoms with Crippen LogP contribution in [-0.2, 0) is 18.3 Å². The van der Waals surface area contributed by atoms with Crippen LogP contribution in [0.25, 0.3) is 0 Å². The van der Waals surface area contributed by atoms with Crippen LogP contribution >= 0.6 is 0 Å². The Labute approximate surface area is 147 Å². The molecule has 0 radical (unpaired) electrons. The van der Waals surface area contributed by atoms with Gasteiger partial charge in [0.2, 0.25) is 5.91 Å². The molecule has 2 N–H and O–H groups in total. The molecule has 25 heavy (non-hydrogen) atoms. The molecule has 1 aliphatic rings. The van der Waals surface area contributed by atoms with Crippen LogP contribution < -0.4 is 10.6 Å². The van der Waals surface area contributed by atoms with Gasteiger partial charge in [-0.2, -0.15) is 5.10 Å². The molecular weight excluding hydrogens is 316 g/mol. The summed E-state index contributed by atoms with van der Waals surface area (Å²) in [6.45, 7) is 0.545. The molecule has 0 saturated heterocycles. The number of hydrogen-bond donors (Lipinski definition) is 2. The zero-order valence-electron chi connectivity index (χ0n) is 14.5. The highest BCUT2D eigenvalue weighted by atomic mass is 16.2. The van der Waals surface area contributed by atoms with E-state index in [-0.39, 0.29) is 17.7 Å². The normalized spacial score (nSPS) is 14.4. The summed E-state index contributed by atoms with van der Waals surface area (Å²) in [4.78, 5) is 24.5. The number of rotatable bonds is 6. The molecule has 6 heteroatoms. The average molecular weight is 340 g/mol. The Morgan fingerprint density at radius 2 is 1.92 bits per heavy atom. The highest BCUT2D eigenvalue weighted by Crippen LogP contribution is 2.26. The van der Waals surface area contributed by atoms with Crippen molar-refractivity contribution in [3.05, 3.63) is 47.7 Å². The van der Waals surface area contributed by atoms with Gasteiger partial charge in [-0.1, -0.05) is 43.2 Å². The van der Waals surface area contributed by atoms with Crippen molar-refractivity contribution in [1.82, 2.24) is 15.1 Å². The summed E-state index contributed by atoms with van der Waals surface area (Å²) in [6, 6.07) is 11.6. The summed E-state index contributed by atoms with van der Waals surface area (Å²) in [5.74, 6) is 0.438. The highest BCUT2D eigenvalue weighted by Gasteiger charge is 2.24. The van der Waals surface area contributed by atoms with E-state index in [9.17, 15) is 9.59 Å². The minimum atomic E-state index is -0.229. The van der Waals surface area contributed by atoms with Gasteiger partial charge in [0, 0.05) is 25.6 Å². The van der Waals surface area contributed by atoms with Gasteiger partial charge >= 0.3 is 0 Å². The lowest BCUT2D eigenvalue weighted by molar-refractivity contribution is -0.119. The van der Waals surface area contributed by atoms with Gasteiger partial charge < -0.3 is 10.6 Å². The van der Waals surface area contributed by atoms with Crippen LogP contribution in [0.5, 0.6) is 0 Å². The lowest BCUT2D eigenvalue weighted by Crippen LogP contribution is -2.26. The molecular formula is C19H24N4O2. The van der Waals surface area contributed by atoms with Crippen molar-refractivity contribution in [3.8, 4) is 0 Å². The Hall–Kier alpha value is -2.63. The first-order chi connectivity index (χ1) is 12.1. The fourth-order valence-electron chi connectivity index (χ4n) is 3.17. The number of aromatic nitrogens is 2. The number of aryl methyl sites for hydroxylation is 1. The van der Waals surface area contributed by atoms with Crippen molar-refractivity contribution in [1.29, 1.82) is 0 Å². The number of hydrogen-bond acceptors (Lipinski definition) is 3. The largest absolute Gasteiger partial charge is 0.350 e. The fourth-order valence-corrected chi connectivity index (χ4v) is 3.17. The molecule has 0 atom stereocenters. The van der Waals surface area contributed by atoms with E-state index < -0.39 is 0 Å². The topological polar surface area (TPSA) is 76.0 Å². The Morgan fingerprint density at radius 3 is 2.64 bits per heavy atom. The summed E-state index contributed by atoms with van der Waals surface area (Å²) in [6.07, 6.45) is 4.87. The van der Waals surface area contributed by atoms with Gasteiger partial charge in [0.15, 0.2) is 5.69 Å². The second-order valence-electron chi connectivity index (χ2n) is 6.50. The van der Waals surface area contributed by atoms with Crippen molar-refractivity contribution in [3.63, 3.8) is 0 Å². The Morgan fingerprint density at radius 1 is 1.20 bits per heavy atom. The Kier molecular flexibility index (Phi) is 5.48. The standard InChI is InChI=1S/C19H24N4O2/c1-23-17(21-18(24)15-9-5-6-10-15)13-16(22-23)19(25)20-12-11-14-7-3-2-4-8-14/h2-4,7-8,13,15H,5-6,9-12H2,1H3,(H,20,25)(H,21,24). The molecule has 1 aliphatic carbocycles. The van der Waals surface area contributed by atoms with Gasteiger partial charge in [-0.05, 0) is 24.8 Å². The molecule has 0 bridgehead atoms. The number of benzene rings is 1. The first-order valence-electron chi connectivity index (χ1n) is 8.80. The summed E-state index contributed by atoms with van der Waals surface area (Å²) in [7, 11) is 1.73. The van der Waals surface area contributed by atoms with Gasteiger partial charge in [0.1, 0.15) is 5.82 Å². The lowest BCUT2D eigenvalue weighted by Gasteiger charge is -2.09. The minimum Gasteiger partial charge on any atom is -0.350 e. The molecule has 2 amide bonds. The molecule has 0 aliphatic heterocycles. The number of carbonyl (C=O) groups is 2. The molecule has 132 valence electrons. The third-order valence-corrected chi connectivity index (χ3v) is 4.63. The molecule has 1 aromatic heterocycles. The predicted molar refractivity (Wildman–Crippen MR) is 96.3 cm³/mol. The Balaban J connectivity index is 1.53. The van der Waals surface area contributed by atoms with Crippen LogP contribution in [0.4, 0.5) is 5.82 Å². The highest BCUT2D eigenvalue weighted by molar-refractivity contribution is 5.96. The van der Waals surface area contributed by atoms with Gasteiger partial charge in [0.25, 0.3) is 5.91 Å². The van der Waals surface area contributed by atoms with E-state index in [4.69, 9.17) is 0 Å². The molecule has 6 nitrogen and oxygen atoms in total.